The van der Waals surface area contributed by atoms with Crippen molar-refractivity contribution in [2.24, 2.45) is 9.98 Å². The van der Waals surface area contributed by atoms with Crippen LogP contribution in [0.1, 0.15) is 16.7 Å². The molecule has 0 spiro atoms. The highest BCUT2D eigenvalue weighted by molar-refractivity contribution is 6.13. The van der Waals surface area contributed by atoms with E-state index in [4.69, 9.17) is 10.4 Å². The van der Waals surface area contributed by atoms with Crippen molar-refractivity contribution in [1.82, 2.24) is 9.55 Å². The van der Waals surface area contributed by atoms with Crippen molar-refractivity contribution < 1.29 is 0 Å². The van der Waals surface area contributed by atoms with Gasteiger partial charge in [0.05, 0.1) is 5.52 Å². The van der Waals surface area contributed by atoms with Gasteiger partial charge in [-0.2, -0.15) is 0 Å². The fraction of sp³-hybridized carbons (Fsp3) is 0. The zero-order chi connectivity index (χ0) is 26.4. The van der Waals surface area contributed by atoms with E-state index in [1.807, 2.05) is 48.5 Å². The summed E-state index contributed by atoms with van der Waals surface area (Å²) in [6, 6.07) is 40.6. The number of benzene rings is 4. The molecule has 0 aliphatic rings. The Morgan fingerprint density at radius 2 is 1.46 bits per heavy atom. The first-order chi connectivity index (χ1) is 19.2. The predicted molar refractivity (Wildman–Crippen MR) is 160 cm³/mol. The highest BCUT2D eigenvalue weighted by Gasteiger charge is 2.08. The van der Waals surface area contributed by atoms with Crippen LogP contribution in [-0.4, -0.2) is 27.4 Å². The summed E-state index contributed by atoms with van der Waals surface area (Å²) < 4.78 is 2.19. The van der Waals surface area contributed by atoms with Crippen LogP contribution in [-0.2, 0) is 0 Å². The first kappa shape index (κ1) is 23.9. The lowest BCUT2D eigenvalue weighted by Gasteiger charge is -2.08. The van der Waals surface area contributed by atoms with Crippen molar-refractivity contribution in [2.45, 2.75) is 0 Å². The summed E-state index contributed by atoms with van der Waals surface area (Å²) in [6.45, 7) is 0. The Morgan fingerprint density at radius 3 is 2.26 bits per heavy atom. The molecule has 5 heteroatoms. The second kappa shape index (κ2) is 10.9. The highest BCUT2D eigenvalue weighted by atomic mass is 15.0. The van der Waals surface area contributed by atoms with Gasteiger partial charge >= 0.3 is 0 Å². The monoisotopic (exact) mass is 503 g/mol. The van der Waals surface area contributed by atoms with Gasteiger partial charge in [-0.25, -0.2) is 9.98 Å². The molecule has 0 radical (unpaired) electrons. The minimum absolute atomic E-state index is 0.135. The topological polar surface area (TPSA) is 66.4 Å². The normalized spacial score (nSPS) is 11.7. The first-order valence-electron chi connectivity index (χ1n) is 12.7. The summed E-state index contributed by atoms with van der Waals surface area (Å²) >= 11 is 0. The van der Waals surface area contributed by atoms with Gasteiger partial charge in [-0.3, -0.25) is 10.4 Å². The van der Waals surface area contributed by atoms with Crippen molar-refractivity contribution in [2.75, 3.05) is 0 Å². The molecular weight excluding hydrogens is 478 g/mol. The number of amidine groups is 2. The molecule has 1 N–H and O–H groups in total. The maximum Gasteiger partial charge on any atom is 0.161 e. The first-order valence-corrected chi connectivity index (χ1v) is 12.7. The molecule has 0 aliphatic carbocycles. The minimum atomic E-state index is 0.135. The van der Waals surface area contributed by atoms with E-state index in [-0.39, 0.29) is 5.84 Å². The van der Waals surface area contributed by atoms with Gasteiger partial charge < -0.3 is 4.57 Å². The zero-order valence-electron chi connectivity index (χ0n) is 21.1. The second-order valence-electron chi connectivity index (χ2n) is 9.06. The van der Waals surface area contributed by atoms with E-state index < -0.39 is 0 Å². The molecule has 0 amide bonds. The van der Waals surface area contributed by atoms with E-state index in [1.165, 1.54) is 16.5 Å². The molecule has 6 rings (SSSR count). The summed E-state index contributed by atoms with van der Waals surface area (Å²) in [5.41, 5.74) is 7.06. The van der Waals surface area contributed by atoms with Crippen LogP contribution < -0.4 is 0 Å². The summed E-state index contributed by atoms with van der Waals surface area (Å²) in [6.07, 6.45) is 7.21. The lowest BCUT2D eigenvalue weighted by molar-refractivity contribution is 1.13. The third-order valence-electron chi connectivity index (χ3n) is 6.49. The summed E-state index contributed by atoms with van der Waals surface area (Å²) in [5.74, 6) is 0.610. The van der Waals surface area contributed by atoms with Gasteiger partial charge in [-0.15, -0.1) is 0 Å². The van der Waals surface area contributed by atoms with Gasteiger partial charge in [0.25, 0.3) is 0 Å². The lowest BCUT2D eigenvalue weighted by Crippen LogP contribution is -2.04. The van der Waals surface area contributed by atoms with Gasteiger partial charge in [0.1, 0.15) is 0 Å². The number of nitrogens with zero attached hydrogens (tertiary/aromatic N) is 4. The van der Waals surface area contributed by atoms with Crippen LogP contribution in [0.3, 0.4) is 0 Å². The minimum Gasteiger partial charge on any atom is -0.317 e. The Bertz CT molecular complexity index is 1800. The molecule has 0 atom stereocenters. The number of aromatic nitrogens is 2. The molecule has 2 aromatic heterocycles. The van der Waals surface area contributed by atoms with E-state index in [2.05, 4.69) is 81.4 Å². The molecular formula is C34H25N5. The Balaban J connectivity index is 1.31. The summed E-state index contributed by atoms with van der Waals surface area (Å²) in [7, 11) is 0. The molecule has 186 valence electrons. The number of fused-ring (bicyclic) bond motifs is 1. The smallest absolute Gasteiger partial charge is 0.161 e. The molecule has 39 heavy (non-hydrogen) atoms. The van der Waals surface area contributed by atoms with Crippen LogP contribution in [0.4, 0.5) is 0 Å². The second-order valence-corrected chi connectivity index (χ2v) is 9.06. The Morgan fingerprint density at radius 1 is 0.692 bits per heavy atom. The quantitative estimate of drug-likeness (QED) is 0.191. The van der Waals surface area contributed by atoms with Gasteiger partial charge in [0.15, 0.2) is 11.7 Å². The maximum atomic E-state index is 8.48. The third-order valence-corrected chi connectivity index (χ3v) is 6.49. The summed E-state index contributed by atoms with van der Waals surface area (Å²) in [5, 5.41) is 9.66. The Hall–Kier alpha value is -5.42. The SMILES string of the molecule is N=C(N=C(N=Cc1cccc(-n2ccc3cc(-c4ccccc4)ccc32)c1)c1ccccc1)c1ccncc1. The van der Waals surface area contributed by atoms with E-state index in [9.17, 15) is 0 Å². The van der Waals surface area contributed by atoms with E-state index in [0.717, 1.165) is 22.3 Å². The summed E-state index contributed by atoms with van der Waals surface area (Å²) in [4.78, 5) is 13.3. The number of nitrogens with one attached hydrogen (secondary N) is 1. The molecule has 6 aromatic rings. The fourth-order valence-corrected chi connectivity index (χ4v) is 4.50. The molecule has 0 aliphatic heterocycles. The van der Waals surface area contributed by atoms with Crippen molar-refractivity contribution in [1.29, 1.82) is 5.41 Å². The molecule has 0 unspecified atom stereocenters. The lowest BCUT2D eigenvalue weighted by atomic mass is 10.0. The van der Waals surface area contributed by atoms with Crippen molar-refractivity contribution in [3.63, 3.8) is 0 Å². The Labute approximate surface area is 227 Å². The molecule has 5 nitrogen and oxygen atoms in total. The van der Waals surface area contributed by atoms with Crippen LogP contribution in [0.15, 0.2) is 150 Å². The largest absolute Gasteiger partial charge is 0.317 e. The predicted octanol–water partition coefficient (Wildman–Crippen LogP) is 7.58. The van der Waals surface area contributed by atoms with Crippen LogP contribution in [0.25, 0.3) is 27.7 Å². The zero-order valence-corrected chi connectivity index (χ0v) is 21.1. The average Bonchev–Trinajstić information content (AvgIpc) is 3.44. The van der Waals surface area contributed by atoms with Crippen molar-refractivity contribution in [3.8, 4) is 16.8 Å². The van der Waals surface area contributed by atoms with Crippen LogP contribution in [0.5, 0.6) is 0 Å². The van der Waals surface area contributed by atoms with Crippen LogP contribution >= 0.6 is 0 Å². The average molecular weight is 504 g/mol. The molecule has 2 heterocycles. The maximum absolute atomic E-state index is 8.48. The van der Waals surface area contributed by atoms with E-state index in [1.54, 1.807) is 30.7 Å². The molecule has 0 saturated heterocycles. The number of aliphatic imine (C=N–C) groups is 2. The molecule has 0 saturated carbocycles. The van der Waals surface area contributed by atoms with Crippen molar-refractivity contribution in [3.05, 3.63) is 157 Å². The van der Waals surface area contributed by atoms with E-state index in [0.29, 0.717) is 11.4 Å². The van der Waals surface area contributed by atoms with Crippen LogP contribution in [0, 0.1) is 5.41 Å². The van der Waals surface area contributed by atoms with Gasteiger partial charge in [-0.05, 0) is 59.2 Å². The fourth-order valence-electron chi connectivity index (χ4n) is 4.50. The third kappa shape index (κ3) is 5.33. The number of rotatable bonds is 5. The van der Waals surface area contributed by atoms with Gasteiger partial charge in [-0.1, -0.05) is 78.9 Å². The van der Waals surface area contributed by atoms with Crippen LogP contribution in [0.2, 0.25) is 0 Å². The molecule has 0 fully saturated rings. The van der Waals surface area contributed by atoms with Gasteiger partial charge in [0.2, 0.25) is 0 Å². The molecule has 0 bridgehead atoms. The number of pyridine rings is 1. The van der Waals surface area contributed by atoms with Crippen molar-refractivity contribution >= 4 is 28.8 Å². The highest BCUT2D eigenvalue weighted by Crippen LogP contribution is 2.27. The standard InChI is InChI=1S/C34H25N5/c35-33(27-16-19-36-20-17-27)38-34(28-11-5-2-6-12-28)37-24-25-8-7-13-31(22-25)39-21-18-30-23-29(14-15-32(30)39)26-9-3-1-4-10-26/h1-24,35H. The Kier molecular flexibility index (Phi) is 6.70. The van der Waals surface area contributed by atoms with E-state index >= 15 is 0 Å². The number of hydrogen-bond acceptors (Lipinski definition) is 2. The van der Waals surface area contributed by atoms with Gasteiger partial charge in [0, 0.05) is 47.0 Å². The number of hydrogen-bond donors (Lipinski definition) is 1. The molecule has 4 aromatic carbocycles.